The van der Waals surface area contributed by atoms with Crippen LogP contribution >= 0.6 is 27.7 Å². The van der Waals surface area contributed by atoms with E-state index in [1.807, 2.05) is 12.1 Å². The molecule has 0 aliphatic heterocycles. The van der Waals surface area contributed by atoms with Gasteiger partial charge in [0.15, 0.2) is 5.16 Å². The molecule has 2 N–H and O–H groups in total. The highest BCUT2D eigenvalue weighted by Crippen LogP contribution is 2.29. The van der Waals surface area contributed by atoms with Crippen LogP contribution in [-0.2, 0) is 6.54 Å². The van der Waals surface area contributed by atoms with Gasteiger partial charge in [0, 0.05) is 33.7 Å². The van der Waals surface area contributed by atoms with Crippen LogP contribution in [0.15, 0.2) is 49.8 Å². The lowest BCUT2D eigenvalue weighted by atomic mass is 10.1. The van der Waals surface area contributed by atoms with E-state index in [2.05, 4.69) is 58.1 Å². The maximum atomic E-state index is 11.3. The van der Waals surface area contributed by atoms with E-state index in [-0.39, 0.29) is 11.1 Å². The first-order valence-electron chi connectivity index (χ1n) is 6.60. The van der Waals surface area contributed by atoms with Crippen molar-refractivity contribution in [3.8, 4) is 0 Å². The number of nitrogens with zero attached hydrogens (tertiary/aromatic N) is 1. The Labute approximate surface area is 136 Å². The SMILES string of the molecule is CC(C)(C)NCc1cc(Br)ccc1Sc1nccc(=O)[nH]1. The van der Waals surface area contributed by atoms with Crippen molar-refractivity contribution in [3.05, 3.63) is 50.9 Å². The Kier molecular flexibility index (Phi) is 5.24. The average molecular weight is 368 g/mol. The van der Waals surface area contributed by atoms with E-state index in [0.29, 0.717) is 5.16 Å². The predicted octanol–water partition coefficient (Wildman–Crippen LogP) is 3.57. The number of nitrogens with one attached hydrogen (secondary N) is 2. The second-order valence-corrected chi connectivity index (χ2v) is 7.64. The van der Waals surface area contributed by atoms with Crippen LogP contribution in [0, 0.1) is 0 Å². The molecule has 1 aromatic carbocycles. The van der Waals surface area contributed by atoms with Crippen molar-refractivity contribution in [2.75, 3.05) is 0 Å². The van der Waals surface area contributed by atoms with Gasteiger partial charge in [0.1, 0.15) is 0 Å². The third-order valence-electron chi connectivity index (χ3n) is 2.69. The van der Waals surface area contributed by atoms with Gasteiger partial charge in [-0.2, -0.15) is 0 Å². The average Bonchev–Trinajstić information content (AvgIpc) is 2.38. The maximum Gasteiger partial charge on any atom is 0.251 e. The molecule has 0 saturated carbocycles. The van der Waals surface area contributed by atoms with Crippen molar-refractivity contribution in [3.63, 3.8) is 0 Å². The van der Waals surface area contributed by atoms with Gasteiger partial charge in [-0.3, -0.25) is 4.79 Å². The molecule has 0 amide bonds. The standard InChI is InChI=1S/C15H18BrN3OS/c1-15(2,3)18-9-10-8-11(16)4-5-12(10)21-14-17-7-6-13(20)19-14/h4-8,18H,9H2,1-3H3,(H,17,19,20). The van der Waals surface area contributed by atoms with Gasteiger partial charge in [0.25, 0.3) is 5.56 Å². The van der Waals surface area contributed by atoms with Gasteiger partial charge in [-0.05, 0) is 44.5 Å². The first kappa shape index (κ1) is 16.3. The predicted molar refractivity (Wildman–Crippen MR) is 89.7 cm³/mol. The summed E-state index contributed by atoms with van der Waals surface area (Å²) in [4.78, 5) is 19.3. The molecule has 2 rings (SSSR count). The molecule has 0 bridgehead atoms. The molecule has 0 aliphatic carbocycles. The first-order chi connectivity index (χ1) is 9.83. The molecule has 112 valence electrons. The van der Waals surface area contributed by atoms with E-state index in [1.165, 1.54) is 24.0 Å². The van der Waals surface area contributed by atoms with Crippen LogP contribution in [0.2, 0.25) is 0 Å². The van der Waals surface area contributed by atoms with E-state index < -0.39 is 0 Å². The first-order valence-corrected chi connectivity index (χ1v) is 8.21. The zero-order valence-electron chi connectivity index (χ0n) is 12.2. The summed E-state index contributed by atoms with van der Waals surface area (Å²) < 4.78 is 1.03. The highest BCUT2D eigenvalue weighted by molar-refractivity contribution is 9.10. The van der Waals surface area contributed by atoms with Gasteiger partial charge in [-0.15, -0.1) is 0 Å². The topological polar surface area (TPSA) is 57.8 Å². The van der Waals surface area contributed by atoms with Gasteiger partial charge in [-0.25, -0.2) is 4.98 Å². The number of hydrogen-bond acceptors (Lipinski definition) is 4. The van der Waals surface area contributed by atoms with Crippen LogP contribution in [0.25, 0.3) is 0 Å². The largest absolute Gasteiger partial charge is 0.308 e. The van der Waals surface area contributed by atoms with E-state index >= 15 is 0 Å². The second-order valence-electron chi connectivity index (χ2n) is 5.70. The summed E-state index contributed by atoms with van der Waals surface area (Å²) in [6, 6.07) is 7.52. The van der Waals surface area contributed by atoms with Gasteiger partial charge < -0.3 is 10.3 Å². The molecular formula is C15H18BrN3OS. The lowest BCUT2D eigenvalue weighted by Gasteiger charge is -2.21. The normalized spacial score (nSPS) is 11.6. The molecular weight excluding hydrogens is 350 g/mol. The Bertz CT molecular complexity index is 679. The molecule has 0 atom stereocenters. The van der Waals surface area contributed by atoms with Gasteiger partial charge >= 0.3 is 0 Å². The summed E-state index contributed by atoms with van der Waals surface area (Å²) in [5.74, 6) is 0. The van der Waals surface area contributed by atoms with E-state index in [4.69, 9.17) is 0 Å². The smallest absolute Gasteiger partial charge is 0.251 e. The molecule has 1 aromatic heterocycles. The van der Waals surface area contributed by atoms with Crippen molar-refractivity contribution in [1.29, 1.82) is 0 Å². The number of benzene rings is 1. The summed E-state index contributed by atoms with van der Waals surface area (Å²) in [7, 11) is 0. The number of hydrogen-bond donors (Lipinski definition) is 2. The van der Waals surface area contributed by atoms with Crippen LogP contribution in [-0.4, -0.2) is 15.5 Å². The van der Waals surface area contributed by atoms with Crippen LogP contribution in [0.3, 0.4) is 0 Å². The molecule has 0 fully saturated rings. The van der Waals surface area contributed by atoms with Crippen molar-refractivity contribution in [2.24, 2.45) is 0 Å². The minimum atomic E-state index is -0.140. The minimum absolute atomic E-state index is 0.0452. The molecule has 6 heteroatoms. The molecule has 0 radical (unpaired) electrons. The number of halogens is 1. The lowest BCUT2D eigenvalue weighted by Crippen LogP contribution is -2.35. The zero-order valence-corrected chi connectivity index (χ0v) is 14.6. The fraction of sp³-hybridized carbons (Fsp3) is 0.333. The molecule has 0 unspecified atom stereocenters. The molecule has 4 nitrogen and oxygen atoms in total. The molecule has 0 spiro atoms. The monoisotopic (exact) mass is 367 g/mol. The van der Waals surface area contributed by atoms with Crippen LogP contribution in [0.4, 0.5) is 0 Å². The van der Waals surface area contributed by atoms with Crippen molar-refractivity contribution in [2.45, 2.75) is 42.9 Å². The minimum Gasteiger partial charge on any atom is -0.308 e. The number of aromatic amines is 1. The summed E-state index contributed by atoms with van der Waals surface area (Å²) in [6.45, 7) is 7.15. The summed E-state index contributed by atoms with van der Waals surface area (Å²) in [6.07, 6.45) is 1.52. The van der Waals surface area contributed by atoms with E-state index in [0.717, 1.165) is 21.5 Å². The zero-order chi connectivity index (χ0) is 15.5. The van der Waals surface area contributed by atoms with Gasteiger partial charge in [0.05, 0.1) is 0 Å². The Morgan fingerprint density at radius 2 is 2.10 bits per heavy atom. The highest BCUT2D eigenvalue weighted by Gasteiger charge is 2.12. The molecule has 2 aromatic rings. The van der Waals surface area contributed by atoms with E-state index in [1.54, 1.807) is 0 Å². The highest BCUT2D eigenvalue weighted by atomic mass is 79.9. The molecule has 0 aliphatic rings. The molecule has 0 saturated heterocycles. The summed E-state index contributed by atoms with van der Waals surface area (Å²) in [5, 5.41) is 4.08. The molecule has 21 heavy (non-hydrogen) atoms. The number of rotatable bonds is 4. The van der Waals surface area contributed by atoms with Gasteiger partial charge in [-0.1, -0.05) is 27.7 Å². The Morgan fingerprint density at radius 3 is 2.76 bits per heavy atom. The summed E-state index contributed by atoms with van der Waals surface area (Å²) in [5.41, 5.74) is 1.07. The fourth-order valence-electron chi connectivity index (χ4n) is 1.65. The van der Waals surface area contributed by atoms with Crippen molar-refractivity contribution in [1.82, 2.24) is 15.3 Å². The van der Waals surface area contributed by atoms with Crippen LogP contribution in [0.5, 0.6) is 0 Å². The third kappa shape index (κ3) is 5.30. The Hall–Kier alpha value is -1.11. The number of H-pyrrole nitrogens is 1. The molecule has 1 heterocycles. The summed E-state index contributed by atoms with van der Waals surface area (Å²) >= 11 is 4.96. The van der Waals surface area contributed by atoms with Crippen LogP contribution in [0.1, 0.15) is 26.3 Å². The Balaban J connectivity index is 2.24. The third-order valence-corrected chi connectivity index (χ3v) is 4.20. The Morgan fingerprint density at radius 1 is 1.33 bits per heavy atom. The fourth-order valence-corrected chi connectivity index (χ4v) is 2.93. The second kappa shape index (κ2) is 6.77. The van der Waals surface area contributed by atoms with Gasteiger partial charge in [0.2, 0.25) is 0 Å². The quantitative estimate of drug-likeness (QED) is 0.810. The maximum absolute atomic E-state index is 11.3. The number of aromatic nitrogens is 2. The van der Waals surface area contributed by atoms with Crippen LogP contribution < -0.4 is 10.9 Å². The lowest BCUT2D eigenvalue weighted by molar-refractivity contribution is 0.422. The van der Waals surface area contributed by atoms with Crippen molar-refractivity contribution >= 4 is 27.7 Å². The van der Waals surface area contributed by atoms with Crippen molar-refractivity contribution < 1.29 is 0 Å². The van der Waals surface area contributed by atoms with E-state index in [9.17, 15) is 4.79 Å².